The van der Waals surface area contributed by atoms with Crippen LogP contribution in [0.5, 0.6) is 0 Å². The van der Waals surface area contributed by atoms with Crippen molar-refractivity contribution in [2.24, 2.45) is 0 Å². The van der Waals surface area contributed by atoms with Crippen LogP contribution in [0.4, 0.5) is 17.6 Å². The van der Waals surface area contributed by atoms with Gasteiger partial charge in [-0.1, -0.05) is 82.8 Å². The Morgan fingerprint density at radius 2 is 0.895 bits per heavy atom. The molecule has 38 heavy (non-hydrogen) atoms. The van der Waals surface area contributed by atoms with Crippen LogP contribution in [0.15, 0.2) is 78.9 Å². The van der Waals surface area contributed by atoms with Crippen LogP contribution in [-0.2, 0) is 0 Å². The first-order valence-electron chi connectivity index (χ1n) is 11.1. The van der Waals surface area contributed by atoms with Crippen LogP contribution in [0.3, 0.4) is 0 Å². The average molecular weight is 591 g/mol. The molecule has 0 amide bonds. The van der Waals surface area contributed by atoms with Crippen LogP contribution < -0.4 is 0 Å². The molecule has 0 aliphatic carbocycles. The average Bonchev–Trinajstić information content (AvgIpc) is 2.86. The number of benzene rings is 5. The molecule has 0 heterocycles. The summed E-state index contributed by atoms with van der Waals surface area (Å²) in [5.74, 6) is -3.87. The third-order valence-electron chi connectivity index (χ3n) is 5.99. The summed E-state index contributed by atoms with van der Waals surface area (Å²) in [7, 11) is 0. The smallest absolute Gasteiger partial charge is 0.140 e. The second-order valence-electron chi connectivity index (χ2n) is 8.21. The van der Waals surface area contributed by atoms with Crippen molar-refractivity contribution in [1.29, 1.82) is 0 Å². The molecule has 0 fully saturated rings. The predicted octanol–water partition coefficient (Wildman–Crippen LogP) is 11.3. The largest absolute Gasteiger partial charge is 0.206 e. The Bertz CT molecular complexity index is 1660. The molecular formula is C30H13Cl4F4. The zero-order chi connectivity index (χ0) is 27.1. The number of hydrogen-bond acceptors (Lipinski definition) is 0. The van der Waals surface area contributed by atoms with Gasteiger partial charge in [0.2, 0.25) is 0 Å². The van der Waals surface area contributed by atoms with Gasteiger partial charge in [-0.25, -0.2) is 17.6 Å². The van der Waals surface area contributed by atoms with E-state index in [4.69, 9.17) is 46.4 Å². The van der Waals surface area contributed by atoms with E-state index in [9.17, 15) is 0 Å². The predicted molar refractivity (Wildman–Crippen MR) is 147 cm³/mol. The van der Waals surface area contributed by atoms with Gasteiger partial charge in [0.25, 0.3) is 0 Å². The molecule has 0 aliphatic rings. The minimum atomic E-state index is -1.08. The molecule has 0 saturated heterocycles. The first-order valence-corrected chi connectivity index (χ1v) is 12.6. The quantitative estimate of drug-likeness (QED) is 0.183. The highest BCUT2D eigenvalue weighted by Crippen LogP contribution is 2.52. The van der Waals surface area contributed by atoms with Gasteiger partial charge in [-0.05, 0) is 42.5 Å². The molecule has 0 unspecified atom stereocenters. The van der Waals surface area contributed by atoms with E-state index in [1.165, 1.54) is 36.4 Å². The summed E-state index contributed by atoms with van der Waals surface area (Å²) >= 11 is 26.0. The molecule has 5 rings (SSSR count). The van der Waals surface area contributed by atoms with Crippen molar-refractivity contribution in [2.45, 2.75) is 0 Å². The van der Waals surface area contributed by atoms with Crippen LogP contribution in [0.25, 0.3) is 44.5 Å². The van der Waals surface area contributed by atoms with Crippen molar-refractivity contribution < 1.29 is 17.6 Å². The lowest BCUT2D eigenvalue weighted by Gasteiger charge is -2.23. The van der Waals surface area contributed by atoms with Crippen LogP contribution in [0.1, 0.15) is 0 Å². The van der Waals surface area contributed by atoms with Gasteiger partial charge in [0.15, 0.2) is 0 Å². The summed E-state index contributed by atoms with van der Waals surface area (Å²) < 4.78 is 62.1. The fourth-order valence-corrected chi connectivity index (χ4v) is 5.48. The monoisotopic (exact) mass is 589 g/mol. The van der Waals surface area contributed by atoms with Crippen LogP contribution >= 0.6 is 46.4 Å². The molecule has 189 valence electrons. The first kappa shape index (κ1) is 26.6. The summed E-state index contributed by atoms with van der Waals surface area (Å²) in [5, 5.41) is 0.158. The number of hydrogen-bond donors (Lipinski definition) is 0. The highest BCUT2D eigenvalue weighted by atomic mass is 35.5. The Hall–Kier alpha value is -3.02. The number of halogens is 8. The molecule has 0 aromatic heterocycles. The lowest BCUT2D eigenvalue weighted by atomic mass is 9.82. The Labute approximate surface area is 236 Å². The Morgan fingerprint density at radius 1 is 0.421 bits per heavy atom. The summed E-state index contributed by atoms with van der Waals surface area (Å²) in [5.41, 5.74) is -1.32. The van der Waals surface area contributed by atoms with Gasteiger partial charge in [0.1, 0.15) is 23.3 Å². The third kappa shape index (κ3) is 4.56. The van der Waals surface area contributed by atoms with Gasteiger partial charge in [0, 0.05) is 50.0 Å². The standard InChI is InChI=1S/C30H13Cl4F4/c31-17-7-2-1-6-15(17)25-16(26-21(35)12-5-13-22(26)36)14-24(38)29(27-18(32)8-3-9-19(27)33)30(25)28-20(34)10-4-11-23(28)37/h1-13H. The highest BCUT2D eigenvalue weighted by molar-refractivity contribution is 6.40. The Morgan fingerprint density at radius 3 is 1.47 bits per heavy atom. The maximum absolute atomic E-state index is 16.2. The second kappa shape index (κ2) is 10.6. The van der Waals surface area contributed by atoms with Gasteiger partial charge in [-0.3, -0.25) is 0 Å². The van der Waals surface area contributed by atoms with E-state index in [-0.39, 0.29) is 59.0 Å². The molecule has 1 radical (unpaired) electrons. The Balaban J connectivity index is 2.11. The zero-order valence-electron chi connectivity index (χ0n) is 19.0. The van der Waals surface area contributed by atoms with Gasteiger partial charge in [-0.2, -0.15) is 0 Å². The van der Waals surface area contributed by atoms with Crippen molar-refractivity contribution in [3.8, 4) is 44.5 Å². The fourth-order valence-electron chi connectivity index (χ4n) is 4.41. The van der Waals surface area contributed by atoms with Crippen molar-refractivity contribution in [1.82, 2.24) is 0 Å². The van der Waals surface area contributed by atoms with E-state index in [0.717, 1.165) is 18.2 Å². The van der Waals surface area contributed by atoms with E-state index in [2.05, 4.69) is 6.07 Å². The molecular weight excluding hydrogens is 578 g/mol. The molecule has 5 aromatic carbocycles. The summed E-state index contributed by atoms with van der Waals surface area (Å²) in [6.45, 7) is 0. The number of rotatable bonds is 4. The van der Waals surface area contributed by atoms with Crippen molar-refractivity contribution in [3.63, 3.8) is 0 Å². The van der Waals surface area contributed by atoms with Gasteiger partial charge < -0.3 is 0 Å². The van der Waals surface area contributed by atoms with Crippen molar-refractivity contribution >= 4 is 46.4 Å². The van der Waals surface area contributed by atoms with Gasteiger partial charge >= 0.3 is 0 Å². The Kier molecular flexibility index (Phi) is 7.43. The van der Waals surface area contributed by atoms with E-state index in [0.29, 0.717) is 0 Å². The summed E-state index contributed by atoms with van der Waals surface area (Å²) in [6, 6.07) is 20.5. The normalized spacial score (nSPS) is 11.2. The van der Waals surface area contributed by atoms with Crippen LogP contribution in [-0.4, -0.2) is 0 Å². The molecule has 5 aromatic rings. The van der Waals surface area contributed by atoms with Crippen LogP contribution in [0, 0.1) is 29.3 Å². The minimum absolute atomic E-state index is 0.0148. The highest BCUT2D eigenvalue weighted by Gasteiger charge is 2.30. The van der Waals surface area contributed by atoms with E-state index in [1.807, 2.05) is 0 Å². The van der Waals surface area contributed by atoms with E-state index < -0.39 is 28.8 Å². The van der Waals surface area contributed by atoms with E-state index >= 15 is 17.6 Å². The molecule has 0 atom stereocenters. The SMILES string of the molecule is Fc1[c]c(-c2c(F)cccc2F)c(-c2ccccc2Cl)c(-c2c(F)cccc2Cl)c1-c1c(Cl)cccc1Cl. The zero-order valence-corrected chi connectivity index (χ0v) is 22.1. The lowest BCUT2D eigenvalue weighted by Crippen LogP contribution is -2.03. The maximum atomic E-state index is 16.2. The maximum Gasteiger partial charge on any atom is 0.140 e. The summed E-state index contributed by atoms with van der Waals surface area (Å²) in [6.07, 6.45) is 0. The fraction of sp³-hybridized carbons (Fsp3) is 0. The third-order valence-corrected chi connectivity index (χ3v) is 7.26. The lowest BCUT2D eigenvalue weighted by molar-refractivity contribution is 0.588. The molecule has 0 saturated carbocycles. The van der Waals surface area contributed by atoms with E-state index in [1.54, 1.807) is 24.3 Å². The topological polar surface area (TPSA) is 0 Å². The first-order chi connectivity index (χ1) is 18.2. The molecule has 0 aliphatic heterocycles. The van der Waals surface area contributed by atoms with Crippen LogP contribution in [0.2, 0.25) is 20.1 Å². The molecule has 0 spiro atoms. The van der Waals surface area contributed by atoms with Crippen molar-refractivity contribution in [2.75, 3.05) is 0 Å². The molecule has 0 bridgehead atoms. The van der Waals surface area contributed by atoms with Crippen molar-refractivity contribution in [3.05, 3.63) is 128 Å². The van der Waals surface area contributed by atoms with Gasteiger partial charge in [-0.15, -0.1) is 0 Å². The van der Waals surface area contributed by atoms with Gasteiger partial charge in [0.05, 0.1) is 20.6 Å². The minimum Gasteiger partial charge on any atom is -0.206 e. The molecule has 0 nitrogen and oxygen atoms in total. The summed E-state index contributed by atoms with van der Waals surface area (Å²) in [4.78, 5) is 0. The molecule has 8 heteroatoms. The second-order valence-corrected chi connectivity index (χ2v) is 9.84. The molecule has 0 N–H and O–H groups in total.